The van der Waals surface area contributed by atoms with E-state index in [1.54, 1.807) is 22.7 Å². The Morgan fingerprint density at radius 3 is 3.14 bits per heavy atom. The third-order valence-corrected chi connectivity index (χ3v) is 5.81. The van der Waals surface area contributed by atoms with Gasteiger partial charge in [-0.15, -0.1) is 22.7 Å². The van der Waals surface area contributed by atoms with Gasteiger partial charge < -0.3 is 10.6 Å². The van der Waals surface area contributed by atoms with Crippen molar-refractivity contribution in [2.24, 2.45) is 5.92 Å². The van der Waals surface area contributed by atoms with Crippen molar-refractivity contribution in [3.63, 3.8) is 0 Å². The molecule has 1 fully saturated rings. The predicted octanol–water partition coefficient (Wildman–Crippen LogP) is 2.84. The number of hydrogen-bond donors (Lipinski definition) is 2. The molecular weight excluding hydrogens is 314 g/mol. The Morgan fingerprint density at radius 2 is 2.41 bits per heavy atom. The Bertz CT molecular complexity index is 629. The average molecular weight is 335 g/mol. The van der Waals surface area contributed by atoms with Crippen molar-refractivity contribution in [1.82, 2.24) is 15.6 Å². The van der Waals surface area contributed by atoms with Gasteiger partial charge in [0, 0.05) is 23.3 Å². The third-order valence-electron chi connectivity index (χ3n) is 3.87. The highest BCUT2D eigenvalue weighted by atomic mass is 32.1. The quantitative estimate of drug-likeness (QED) is 0.883. The molecule has 1 atom stereocenters. The summed E-state index contributed by atoms with van der Waals surface area (Å²) >= 11 is 3.45. The molecule has 1 unspecified atom stereocenters. The van der Waals surface area contributed by atoms with Gasteiger partial charge in [0.15, 0.2) is 0 Å². The van der Waals surface area contributed by atoms with Crippen LogP contribution >= 0.6 is 22.7 Å². The minimum Gasteiger partial charge on any atom is -0.355 e. The molecule has 2 aromatic rings. The van der Waals surface area contributed by atoms with E-state index in [0.717, 1.165) is 43.1 Å². The second-order valence-corrected chi connectivity index (χ2v) is 7.83. The molecule has 0 aromatic carbocycles. The number of rotatable bonds is 5. The van der Waals surface area contributed by atoms with E-state index in [2.05, 4.69) is 33.1 Å². The molecular formula is C16H21N3OS2. The smallest absolute Gasteiger partial charge is 0.224 e. The number of amides is 1. The van der Waals surface area contributed by atoms with Crippen molar-refractivity contribution < 1.29 is 4.79 Å². The van der Waals surface area contributed by atoms with Gasteiger partial charge in [-0.05, 0) is 44.9 Å². The number of nitrogens with one attached hydrogen (secondary N) is 2. The topological polar surface area (TPSA) is 54.0 Å². The molecule has 0 radical (unpaired) electrons. The van der Waals surface area contributed by atoms with Crippen LogP contribution in [0.4, 0.5) is 0 Å². The maximum atomic E-state index is 12.1. The van der Waals surface area contributed by atoms with Gasteiger partial charge in [-0.25, -0.2) is 4.98 Å². The number of thiazole rings is 1. The largest absolute Gasteiger partial charge is 0.355 e. The summed E-state index contributed by atoms with van der Waals surface area (Å²) in [7, 11) is 0. The van der Waals surface area contributed by atoms with Gasteiger partial charge in [0.25, 0.3) is 0 Å². The van der Waals surface area contributed by atoms with E-state index in [4.69, 9.17) is 0 Å². The van der Waals surface area contributed by atoms with Gasteiger partial charge in [-0.3, -0.25) is 4.79 Å². The standard InChI is InChI=1S/C16H21N3OS2/c1-11-19-14(10-21-11)15-5-4-13(22-15)6-8-18-16(20)12-3-2-7-17-9-12/h4-5,10,12,17H,2-3,6-9H2,1H3,(H,18,20). The van der Waals surface area contributed by atoms with E-state index in [9.17, 15) is 4.79 Å². The van der Waals surface area contributed by atoms with Crippen LogP contribution in [0.5, 0.6) is 0 Å². The second-order valence-electron chi connectivity index (χ2n) is 5.60. The van der Waals surface area contributed by atoms with E-state index in [-0.39, 0.29) is 11.8 Å². The Morgan fingerprint density at radius 1 is 1.50 bits per heavy atom. The molecule has 0 spiro atoms. The molecule has 1 aliphatic heterocycles. The first-order valence-corrected chi connectivity index (χ1v) is 9.41. The average Bonchev–Trinajstić information content (AvgIpc) is 3.17. The molecule has 118 valence electrons. The molecule has 0 bridgehead atoms. The Balaban J connectivity index is 1.47. The second kappa shape index (κ2) is 7.35. The fraction of sp³-hybridized carbons (Fsp3) is 0.500. The zero-order chi connectivity index (χ0) is 15.4. The van der Waals surface area contributed by atoms with Crippen LogP contribution in [0, 0.1) is 12.8 Å². The minimum atomic E-state index is 0.144. The number of carbonyl (C=O) groups excluding carboxylic acids is 1. The Labute approximate surface area is 139 Å². The highest BCUT2D eigenvalue weighted by Crippen LogP contribution is 2.29. The van der Waals surface area contributed by atoms with E-state index in [1.165, 1.54) is 9.75 Å². The number of aryl methyl sites for hydroxylation is 1. The van der Waals surface area contributed by atoms with Crippen LogP contribution < -0.4 is 10.6 Å². The number of piperidine rings is 1. The maximum Gasteiger partial charge on any atom is 0.224 e. The molecule has 0 aliphatic carbocycles. The molecule has 3 rings (SSSR count). The fourth-order valence-electron chi connectivity index (χ4n) is 2.66. The van der Waals surface area contributed by atoms with Gasteiger partial charge in [0.05, 0.1) is 21.5 Å². The van der Waals surface area contributed by atoms with Crippen molar-refractivity contribution in [2.75, 3.05) is 19.6 Å². The lowest BCUT2D eigenvalue weighted by atomic mass is 9.99. The van der Waals surface area contributed by atoms with E-state index in [1.807, 2.05) is 6.92 Å². The van der Waals surface area contributed by atoms with Crippen molar-refractivity contribution in [3.8, 4) is 10.6 Å². The number of nitrogens with zero attached hydrogens (tertiary/aromatic N) is 1. The molecule has 1 aliphatic rings. The first-order chi connectivity index (χ1) is 10.7. The molecule has 2 aromatic heterocycles. The lowest BCUT2D eigenvalue weighted by Gasteiger charge is -2.21. The van der Waals surface area contributed by atoms with Gasteiger partial charge in [-0.1, -0.05) is 0 Å². The van der Waals surface area contributed by atoms with Crippen LogP contribution in [0.3, 0.4) is 0 Å². The summed E-state index contributed by atoms with van der Waals surface area (Å²) in [6, 6.07) is 4.27. The third kappa shape index (κ3) is 3.94. The molecule has 6 heteroatoms. The monoisotopic (exact) mass is 335 g/mol. The predicted molar refractivity (Wildman–Crippen MR) is 92.5 cm³/mol. The number of hydrogen-bond acceptors (Lipinski definition) is 5. The first kappa shape index (κ1) is 15.6. The zero-order valence-corrected chi connectivity index (χ0v) is 14.4. The molecule has 0 saturated carbocycles. The summed E-state index contributed by atoms with van der Waals surface area (Å²) in [4.78, 5) is 19.1. The summed E-state index contributed by atoms with van der Waals surface area (Å²) in [5, 5.41) is 9.55. The Hall–Kier alpha value is -1.24. The summed E-state index contributed by atoms with van der Waals surface area (Å²) in [5.74, 6) is 0.338. The molecule has 4 nitrogen and oxygen atoms in total. The lowest BCUT2D eigenvalue weighted by molar-refractivity contribution is -0.125. The summed E-state index contributed by atoms with van der Waals surface area (Å²) in [5.41, 5.74) is 1.07. The highest BCUT2D eigenvalue weighted by Gasteiger charge is 2.20. The SMILES string of the molecule is Cc1nc(-c2ccc(CCNC(=O)C3CCCNC3)s2)cs1. The highest BCUT2D eigenvalue weighted by molar-refractivity contribution is 7.16. The normalized spacial score (nSPS) is 18.3. The zero-order valence-electron chi connectivity index (χ0n) is 12.7. The fourth-order valence-corrected chi connectivity index (χ4v) is 4.31. The van der Waals surface area contributed by atoms with Crippen LogP contribution in [0.2, 0.25) is 0 Å². The van der Waals surface area contributed by atoms with Crippen LogP contribution in [-0.2, 0) is 11.2 Å². The van der Waals surface area contributed by atoms with E-state index >= 15 is 0 Å². The summed E-state index contributed by atoms with van der Waals surface area (Å²) in [6.07, 6.45) is 2.99. The molecule has 22 heavy (non-hydrogen) atoms. The number of carbonyl (C=O) groups is 1. The number of thiophene rings is 1. The Kier molecular flexibility index (Phi) is 5.23. The van der Waals surface area contributed by atoms with Gasteiger partial charge >= 0.3 is 0 Å². The van der Waals surface area contributed by atoms with Crippen molar-refractivity contribution in [3.05, 3.63) is 27.4 Å². The van der Waals surface area contributed by atoms with Crippen LogP contribution in [0.15, 0.2) is 17.5 Å². The number of aromatic nitrogens is 1. The molecule has 1 amide bonds. The summed E-state index contributed by atoms with van der Waals surface area (Å²) in [6.45, 7) is 4.60. The van der Waals surface area contributed by atoms with Crippen molar-refractivity contribution in [2.45, 2.75) is 26.2 Å². The molecule has 1 saturated heterocycles. The maximum absolute atomic E-state index is 12.1. The summed E-state index contributed by atoms with van der Waals surface area (Å²) < 4.78 is 0. The van der Waals surface area contributed by atoms with Crippen LogP contribution in [0.1, 0.15) is 22.7 Å². The lowest BCUT2D eigenvalue weighted by Crippen LogP contribution is -2.41. The van der Waals surface area contributed by atoms with Crippen molar-refractivity contribution in [1.29, 1.82) is 0 Å². The van der Waals surface area contributed by atoms with Gasteiger partial charge in [0.2, 0.25) is 5.91 Å². The van der Waals surface area contributed by atoms with Crippen LogP contribution in [0.25, 0.3) is 10.6 Å². The van der Waals surface area contributed by atoms with E-state index < -0.39 is 0 Å². The van der Waals surface area contributed by atoms with Crippen molar-refractivity contribution >= 4 is 28.6 Å². The van der Waals surface area contributed by atoms with E-state index in [0.29, 0.717) is 6.54 Å². The van der Waals surface area contributed by atoms with Crippen LogP contribution in [-0.4, -0.2) is 30.5 Å². The molecule has 3 heterocycles. The minimum absolute atomic E-state index is 0.144. The van der Waals surface area contributed by atoms with Gasteiger partial charge in [-0.2, -0.15) is 0 Å². The molecule has 2 N–H and O–H groups in total. The first-order valence-electron chi connectivity index (χ1n) is 7.72. The van der Waals surface area contributed by atoms with Gasteiger partial charge in [0.1, 0.15) is 0 Å².